The number of carboxylic acids is 1. The molecule has 1 aromatic carbocycles. The summed E-state index contributed by atoms with van der Waals surface area (Å²) in [6.45, 7) is 0. The summed E-state index contributed by atoms with van der Waals surface area (Å²) in [6, 6.07) is 6.84. The van der Waals surface area contributed by atoms with Crippen molar-refractivity contribution in [2.45, 2.75) is 31.1 Å². The number of ether oxygens (including phenoxy) is 1. The molecule has 0 saturated carbocycles. The predicted octanol–water partition coefficient (Wildman–Crippen LogP) is 3.57. The van der Waals surface area contributed by atoms with Crippen LogP contribution in [0.25, 0.3) is 0 Å². The van der Waals surface area contributed by atoms with Crippen LogP contribution in [-0.2, 0) is 19.7 Å². The van der Waals surface area contributed by atoms with Crippen molar-refractivity contribution in [1.82, 2.24) is 0 Å². The molecule has 0 radical (unpaired) electrons. The van der Waals surface area contributed by atoms with Crippen LogP contribution < -0.4 is 0 Å². The second-order valence-electron chi connectivity index (χ2n) is 4.79. The quantitative estimate of drug-likeness (QED) is 0.764. The molecular weight excluding hydrogens is 329 g/mol. The van der Waals surface area contributed by atoms with Gasteiger partial charge in [-0.1, -0.05) is 29.3 Å². The van der Waals surface area contributed by atoms with E-state index in [2.05, 4.69) is 10.8 Å². The lowest BCUT2D eigenvalue weighted by molar-refractivity contribution is -0.140. The van der Waals surface area contributed by atoms with Gasteiger partial charge in [0.1, 0.15) is 0 Å². The first kappa shape index (κ1) is 18.3. The highest BCUT2D eigenvalue weighted by Gasteiger charge is 2.34. The number of esters is 1. The summed E-state index contributed by atoms with van der Waals surface area (Å²) in [5.74, 6) is -1.48. The second kappa shape index (κ2) is 8.02. The van der Waals surface area contributed by atoms with E-state index in [0.717, 1.165) is 0 Å². The van der Waals surface area contributed by atoms with Gasteiger partial charge in [0, 0.05) is 12.8 Å². The summed E-state index contributed by atoms with van der Waals surface area (Å²) in [7, 11) is 1.26. The first-order chi connectivity index (χ1) is 10.3. The molecule has 1 unspecified atom stereocenters. The molecule has 0 aliphatic heterocycles. The average Bonchev–Trinajstić information content (AvgIpc) is 2.50. The van der Waals surface area contributed by atoms with Gasteiger partial charge in [0.15, 0.2) is 0 Å². The molecule has 0 aromatic heterocycles. The molecule has 1 aromatic rings. The van der Waals surface area contributed by atoms with Crippen molar-refractivity contribution in [2.75, 3.05) is 7.11 Å². The molecule has 0 bridgehead atoms. The number of methoxy groups -OCH3 is 1. The molecule has 0 amide bonds. The number of carbonyl (C=O) groups is 2. The monoisotopic (exact) mass is 343 g/mol. The van der Waals surface area contributed by atoms with E-state index < -0.39 is 17.4 Å². The van der Waals surface area contributed by atoms with Crippen molar-refractivity contribution < 1.29 is 19.4 Å². The molecule has 1 rings (SSSR count). The largest absolute Gasteiger partial charge is 0.481 e. The van der Waals surface area contributed by atoms with Gasteiger partial charge in [-0.25, -0.2) is 0 Å². The molecule has 1 N–H and O–H groups in total. The van der Waals surface area contributed by atoms with E-state index in [-0.39, 0.29) is 30.7 Å². The van der Waals surface area contributed by atoms with Crippen LogP contribution in [0.2, 0.25) is 10.0 Å². The predicted molar refractivity (Wildman–Crippen MR) is 81.9 cm³/mol. The van der Waals surface area contributed by atoms with Gasteiger partial charge in [-0.3, -0.25) is 9.59 Å². The van der Waals surface area contributed by atoms with E-state index in [1.54, 1.807) is 12.1 Å². The number of hydrogen-bond donors (Lipinski definition) is 1. The van der Waals surface area contributed by atoms with Gasteiger partial charge in [-0.2, -0.15) is 5.26 Å². The highest BCUT2D eigenvalue weighted by atomic mass is 35.5. The zero-order valence-corrected chi connectivity index (χ0v) is 13.4. The Bertz CT molecular complexity index is 612. The van der Waals surface area contributed by atoms with E-state index in [1.165, 1.54) is 13.2 Å². The first-order valence-corrected chi connectivity index (χ1v) is 7.25. The van der Waals surface area contributed by atoms with Crippen LogP contribution in [-0.4, -0.2) is 24.2 Å². The molecule has 22 heavy (non-hydrogen) atoms. The number of aliphatic carboxylic acids is 1. The van der Waals surface area contributed by atoms with Crippen molar-refractivity contribution in [2.24, 2.45) is 0 Å². The maximum absolute atomic E-state index is 11.4. The number of rotatable bonds is 7. The summed E-state index contributed by atoms with van der Waals surface area (Å²) in [4.78, 5) is 22.2. The highest BCUT2D eigenvalue weighted by Crippen LogP contribution is 2.37. The third kappa shape index (κ3) is 4.62. The summed E-state index contributed by atoms with van der Waals surface area (Å²) in [6.07, 6.45) is 0.00804. The van der Waals surface area contributed by atoms with Crippen LogP contribution >= 0.6 is 23.2 Å². The summed E-state index contributed by atoms with van der Waals surface area (Å²) in [5.41, 5.74) is -0.601. The van der Waals surface area contributed by atoms with Gasteiger partial charge in [0.2, 0.25) is 0 Å². The molecule has 7 heteroatoms. The SMILES string of the molecule is COC(=O)CCC(C#N)(CCC(=O)O)c1ccc(Cl)c(Cl)c1. The van der Waals surface area contributed by atoms with Crippen molar-refractivity contribution >= 4 is 35.1 Å². The minimum Gasteiger partial charge on any atom is -0.481 e. The summed E-state index contributed by atoms with van der Waals surface area (Å²) >= 11 is 11.8. The Morgan fingerprint density at radius 3 is 2.41 bits per heavy atom. The fourth-order valence-electron chi connectivity index (χ4n) is 2.12. The van der Waals surface area contributed by atoms with Crippen LogP contribution in [0.5, 0.6) is 0 Å². The van der Waals surface area contributed by atoms with E-state index >= 15 is 0 Å². The third-order valence-corrected chi connectivity index (χ3v) is 4.17. The van der Waals surface area contributed by atoms with Crippen molar-refractivity contribution in [3.63, 3.8) is 0 Å². The molecule has 5 nitrogen and oxygen atoms in total. The molecule has 0 aliphatic rings. The van der Waals surface area contributed by atoms with Gasteiger partial charge in [0.25, 0.3) is 0 Å². The van der Waals surface area contributed by atoms with Gasteiger partial charge in [-0.05, 0) is 30.5 Å². The summed E-state index contributed by atoms with van der Waals surface area (Å²) < 4.78 is 4.58. The number of carboxylic acid groups (broad SMARTS) is 1. The number of nitriles is 1. The Labute approximate surface area is 138 Å². The molecule has 1 atom stereocenters. The number of nitrogens with zero attached hydrogens (tertiary/aromatic N) is 1. The summed E-state index contributed by atoms with van der Waals surface area (Å²) in [5, 5.41) is 19.1. The zero-order valence-electron chi connectivity index (χ0n) is 11.9. The van der Waals surface area contributed by atoms with Crippen molar-refractivity contribution in [3.05, 3.63) is 33.8 Å². The van der Waals surface area contributed by atoms with Gasteiger partial charge >= 0.3 is 11.9 Å². The lowest BCUT2D eigenvalue weighted by atomic mass is 9.74. The smallest absolute Gasteiger partial charge is 0.305 e. The van der Waals surface area contributed by atoms with Gasteiger partial charge in [0.05, 0.1) is 28.6 Å². The Kier molecular flexibility index (Phi) is 6.66. The third-order valence-electron chi connectivity index (χ3n) is 3.44. The van der Waals surface area contributed by atoms with E-state index in [9.17, 15) is 14.9 Å². The van der Waals surface area contributed by atoms with Crippen LogP contribution in [0, 0.1) is 11.3 Å². The Balaban J connectivity index is 3.17. The molecule has 0 aliphatic carbocycles. The first-order valence-electron chi connectivity index (χ1n) is 6.50. The lowest BCUT2D eigenvalue weighted by Gasteiger charge is -2.26. The van der Waals surface area contributed by atoms with Gasteiger partial charge in [-0.15, -0.1) is 0 Å². The van der Waals surface area contributed by atoms with Crippen molar-refractivity contribution in [1.29, 1.82) is 5.26 Å². The van der Waals surface area contributed by atoms with Crippen LogP contribution in [0.15, 0.2) is 18.2 Å². The fourth-order valence-corrected chi connectivity index (χ4v) is 2.42. The second-order valence-corrected chi connectivity index (χ2v) is 5.61. The molecule has 0 fully saturated rings. The maximum Gasteiger partial charge on any atom is 0.305 e. The molecule has 0 heterocycles. The maximum atomic E-state index is 11.4. The number of carbonyl (C=O) groups excluding carboxylic acids is 1. The zero-order chi connectivity index (χ0) is 16.8. The molecule has 0 spiro atoms. The van der Waals surface area contributed by atoms with Crippen molar-refractivity contribution in [3.8, 4) is 6.07 Å². The average molecular weight is 344 g/mol. The van der Waals surface area contributed by atoms with Crippen LogP contribution in [0.4, 0.5) is 0 Å². The topological polar surface area (TPSA) is 87.4 Å². The Morgan fingerprint density at radius 1 is 1.27 bits per heavy atom. The Hall–Kier alpha value is -1.77. The normalized spacial score (nSPS) is 13.0. The van der Waals surface area contributed by atoms with Crippen LogP contribution in [0.1, 0.15) is 31.2 Å². The Morgan fingerprint density at radius 2 is 1.91 bits per heavy atom. The van der Waals surface area contributed by atoms with E-state index in [4.69, 9.17) is 28.3 Å². The number of halogens is 2. The van der Waals surface area contributed by atoms with Gasteiger partial charge < -0.3 is 9.84 Å². The van der Waals surface area contributed by atoms with E-state index in [0.29, 0.717) is 10.6 Å². The highest BCUT2D eigenvalue weighted by molar-refractivity contribution is 6.42. The fraction of sp³-hybridized carbons (Fsp3) is 0.400. The van der Waals surface area contributed by atoms with E-state index in [1.807, 2.05) is 0 Å². The lowest BCUT2D eigenvalue weighted by Crippen LogP contribution is -2.26. The minimum atomic E-state index is -1.14. The number of benzene rings is 1. The molecule has 0 saturated heterocycles. The standard InChI is InChI=1S/C15H15Cl2NO4/c1-22-14(21)5-7-15(9-18,6-4-13(19)20)10-2-3-11(16)12(17)8-10/h2-3,8H,4-7H2,1H3,(H,19,20). The molecule has 118 valence electrons. The molecular formula is C15H15Cl2NO4. The minimum absolute atomic E-state index is 0.00389. The number of hydrogen-bond acceptors (Lipinski definition) is 4. The van der Waals surface area contributed by atoms with Crippen LogP contribution in [0.3, 0.4) is 0 Å².